The van der Waals surface area contributed by atoms with E-state index in [4.69, 9.17) is 14.5 Å². The zero-order chi connectivity index (χ0) is 18.5. The molecule has 27 heavy (non-hydrogen) atoms. The lowest BCUT2D eigenvalue weighted by Crippen LogP contribution is -2.52. The van der Waals surface area contributed by atoms with Gasteiger partial charge in [-0.2, -0.15) is 0 Å². The van der Waals surface area contributed by atoms with Gasteiger partial charge < -0.3 is 19.7 Å². The van der Waals surface area contributed by atoms with E-state index >= 15 is 0 Å². The van der Waals surface area contributed by atoms with Crippen molar-refractivity contribution in [2.24, 2.45) is 10.9 Å². The number of nitrogens with zero attached hydrogens (tertiary/aromatic N) is 3. The van der Waals surface area contributed by atoms with Crippen LogP contribution in [0.25, 0.3) is 0 Å². The quantitative estimate of drug-likeness (QED) is 0.379. The van der Waals surface area contributed by atoms with Gasteiger partial charge in [-0.15, -0.1) is 24.0 Å². The molecule has 0 spiro atoms. The molecule has 1 saturated heterocycles. The summed E-state index contributed by atoms with van der Waals surface area (Å²) in [4.78, 5) is 9.56. The second-order valence-corrected chi connectivity index (χ2v) is 7.20. The first-order chi connectivity index (χ1) is 12.6. The number of rotatable bonds is 6. The van der Waals surface area contributed by atoms with Gasteiger partial charge in [-0.3, -0.25) is 9.89 Å². The molecule has 1 aromatic rings. The van der Waals surface area contributed by atoms with E-state index in [2.05, 4.69) is 35.0 Å². The molecule has 1 aromatic carbocycles. The molecule has 0 amide bonds. The normalized spacial score (nSPS) is 22.8. The molecular formula is C20H33IN4O2. The van der Waals surface area contributed by atoms with Crippen LogP contribution >= 0.6 is 24.0 Å². The fraction of sp³-hybridized carbons (Fsp3) is 0.650. The van der Waals surface area contributed by atoms with E-state index in [-0.39, 0.29) is 24.0 Å². The number of hydrogen-bond acceptors (Lipinski definition) is 4. The van der Waals surface area contributed by atoms with Gasteiger partial charge in [0.05, 0.1) is 14.2 Å². The molecule has 3 rings (SSSR count). The third-order valence-electron chi connectivity index (χ3n) is 5.29. The topological polar surface area (TPSA) is 49.3 Å². The predicted octanol–water partition coefficient (Wildman–Crippen LogP) is 2.81. The van der Waals surface area contributed by atoms with Crippen molar-refractivity contribution in [2.45, 2.75) is 32.9 Å². The molecule has 2 atom stereocenters. The van der Waals surface area contributed by atoms with E-state index in [0.29, 0.717) is 6.04 Å². The Balaban J connectivity index is 0.00000261. The summed E-state index contributed by atoms with van der Waals surface area (Å²) >= 11 is 0. The molecule has 2 fully saturated rings. The van der Waals surface area contributed by atoms with Crippen molar-refractivity contribution in [1.82, 2.24) is 15.1 Å². The SMILES string of the molecule is CCN=C(NC1CC1C)N1CCN(Cc2cc(OC)ccc2OC)CC1.I. The van der Waals surface area contributed by atoms with Crippen LogP contribution in [0.1, 0.15) is 25.8 Å². The zero-order valence-electron chi connectivity index (χ0n) is 16.9. The molecule has 1 heterocycles. The highest BCUT2D eigenvalue weighted by Gasteiger charge is 2.34. The van der Waals surface area contributed by atoms with Gasteiger partial charge in [0.2, 0.25) is 0 Å². The summed E-state index contributed by atoms with van der Waals surface area (Å²) in [5.74, 6) is 3.66. The van der Waals surface area contributed by atoms with Crippen molar-refractivity contribution in [3.63, 3.8) is 0 Å². The van der Waals surface area contributed by atoms with Gasteiger partial charge in [-0.25, -0.2) is 0 Å². The lowest BCUT2D eigenvalue weighted by atomic mass is 10.1. The fourth-order valence-corrected chi connectivity index (χ4v) is 3.44. The van der Waals surface area contributed by atoms with Crippen LogP contribution < -0.4 is 14.8 Å². The molecule has 1 N–H and O–H groups in total. The van der Waals surface area contributed by atoms with Crippen LogP contribution in [-0.2, 0) is 6.54 Å². The Hall–Kier alpha value is -1.22. The van der Waals surface area contributed by atoms with Crippen molar-refractivity contribution in [1.29, 1.82) is 0 Å². The number of benzene rings is 1. The van der Waals surface area contributed by atoms with Gasteiger partial charge in [0.15, 0.2) is 5.96 Å². The van der Waals surface area contributed by atoms with Gasteiger partial charge >= 0.3 is 0 Å². The van der Waals surface area contributed by atoms with Crippen LogP contribution in [0.2, 0.25) is 0 Å². The lowest BCUT2D eigenvalue weighted by molar-refractivity contribution is 0.170. The van der Waals surface area contributed by atoms with E-state index in [0.717, 1.165) is 62.6 Å². The van der Waals surface area contributed by atoms with Gasteiger partial charge in [-0.1, -0.05) is 6.92 Å². The first kappa shape index (κ1) is 22.1. The van der Waals surface area contributed by atoms with E-state index in [9.17, 15) is 0 Å². The highest BCUT2D eigenvalue weighted by Crippen LogP contribution is 2.29. The monoisotopic (exact) mass is 488 g/mol. The summed E-state index contributed by atoms with van der Waals surface area (Å²) < 4.78 is 10.9. The standard InChI is InChI=1S/C20H32N4O2.HI/c1-5-21-20(22-18-12-15(18)2)24-10-8-23(9-11-24)14-16-13-17(25-3)6-7-19(16)26-4;/h6-7,13,15,18H,5,8-12,14H2,1-4H3,(H,21,22);1H. The average Bonchev–Trinajstić information content (AvgIpc) is 3.36. The fourth-order valence-electron chi connectivity index (χ4n) is 3.44. The average molecular weight is 488 g/mol. The molecule has 6 nitrogen and oxygen atoms in total. The molecule has 0 aromatic heterocycles. The van der Waals surface area contributed by atoms with Gasteiger partial charge in [0.1, 0.15) is 11.5 Å². The minimum Gasteiger partial charge on any atom is -0.497 e. The summed E-state index contributed by atoms with van der Waals surface area (Å²) in [7, 11) is 3.42. The second kappa shape index (κ2) is 10.4. The van der Waals surface area contributed by atoms with Crippen molar-refractivity contribution >= 4 is 29.9 Å². The van der Waals surface area contributed by atoms with Crippen molar-refractivity contribution in [3.05, 3.63) is 23.8 Å². The van der Waals surface area contributed by atoms with Crippen LogP contribution in [0, 0.1) is 5.92 Å². The zero-order valence-corrected chi connectivity index (χ0v) is 19.2. The number of piperazine rings is 1. The number of aliphatic imine (C=N–C) groups is 1. The number of ether oxygens (including phenoxy) is 2. The molecular weight excluding hydrogens is 455 g/mol. The molecule has 1 saturated carbocycles. The minimum absolute atomic E-state index is 0. The molecule has 0 bridgehead atoms. The Bertz CT molecular complexity index is 632. The third kappa shape index (κ3) is 5.88. The van der Waals surface area contributed by atoms with Gasteiger partial charge in [-0.05, 0) is 37.5 Å². The Kier molecular flexibility index (Phi) is 8.47. The molecule has 1 aliphatic carbocycles. The molecule has 1 aliphatic heterocycles. The maximum atomic E-state index is 5.52. The molecule has 0 radical (unpaired) electrons. The smallest absolute Gasteiger partial charge is 0.194 e. The van der Waals surface area contributed by atoms with E-state index < -0.39 is 0 Å². The Morgan fingerprint density at radius 2 is 1.89 bits per heavy atom. The number of nitrogens with one attached hydrogen (secondary N) is 1. The van der Waals surface area contributed by atoms with Crippen LogP contribution in [0.5, 0.6) is 11.5 Å². The summed E-state index contributed by atoms with van der Waals surface area (Å²) in [6, 6.07) is 6.61. The molecule has 2 aliphatic rings. The molecule has 152 valence electrons. The second-order valence-electron chi connectivity index (χ2n) is 7.20. The lowest BCUT2D eigenvalue weighted by Gasteiger charge is -2.37. The van der Waals surface area contributed by atoms with E-state index in [1.165, 1.54) is 12.0 Å². The van der Waals surface area contributed by atoms with E-state index in [1.54, 1.807) is 14.2 Å². The van der Waals surface area contributed by atoms with Gasteiger partial charge in [0, 0.05) is 50.9 Å². The summed E-state index contributed by atoms with van der Waals surface area (Å²) in [6.45, 7) is 10.1. The number of hydrogen-bond donors (Lipinski definition) is 1. The van der Waals surface area contributed by atoms with Crippen molar-refractivity contribution in [2.75, 3.05) is 46.9 Å². The number of halogens is 1. The van der Waals surface area contributed by atoms with Crippen LogP contribution in [-0.4, -0.2) is 68.7 Å². The van der Waals surface area contributed by atoms with Crippen LogP contribution in [0.15, 0.2) is 23.2 Å². The van der Waals surface area contributed by atoms with Crippen molar-refractivity contribution in [3.8, 4) is 11.5 Å². The summed E-state index contributed by atoms with van der Waals surface area (Å²) in [5.41, 5.74) is 1.17. The van der Waals surface area contributed by atoms with Gasteiger partial charge in [0.25, 0.3) is 0 Å². The maximum Gasteiger partial charge on any atom is 0.194 e. The van der Waals surface area contributed by atoms with E-state index in [1.807, 2.05) is 12.1 Å². The maximum absolute atomic E-state index is 5.52. The number of methoxy groups -OCH3 is 2. The van der Waals surface area contributed by atoms with Crippen LogP contribution in [0.4, 0.5) is 0 Å². The number of guanidine groups is 1. The summed E-state index contributed by atoms with van der Waals surface area (Å²) in [6.07, 6.45) is 1.26. The van der Waals surface area contributed by atoms with Crippen molar-refractivity contribution < 1.29 is 9.47 Å². The Morgan fingerprint density at radius 3 is 2.44 bits per heavy atom. The Labute approximate surface area is 180 Å². The highest BCUT2D eigenvalue weighted by atomic mass is 127. The Morgan fingerprint density at radius 1 is 1.19 bits per heavy atom. The molecule has 2 unspecified atom stereocenters. The predicted molar refractivity (Wildman–Crippen MR) is 120 cm³/mol. The first-order valence-corrected chi connectivity index (χ1v) is 9.63. The van der Waals surface area contributed by atoms with Crippen LogP contribution in [0.3, 0.4) is 0 Å². The summed E-state index contributed by atoms with van der Waals surface area (Å²) in [5, 5.41) is 3.63. The first-order valence-electron chi connectivity index (χ1n) is 9.63. The largest absolute Gasteiger partial charge is 0.497 e. The highest BCUT2D eigenvalue weighted by molar-refractivity contribution is 14.0. The minimum atomic E-state index is 0. The molecule has 7 heteroatoms. The third-order valence-corrected chi connectivity index (χ3v) is 5.29.